The van der Waals surface area contributed by atoms with Crippen LogP contribution in [-0.2, 0) is 4.79 Å². The van der Waals surface area contributed by atoms with Gasteiger partial charge < -0.3 is 15.4 Å². The smallest absolute Gasteiger partial charge is 0.224 e. The Bertz CT molecular complexity index is 460. The number of anilines is 1. The zero-order valence-corrected chi connectivity index (χ0v) is 13.6. The highest BCUT2D eigenvalue weighted by atomic mass is 35.5. The van der Waals surface area contributed by atoms with Crippen molar-refractivity contribution in [2.24, 2.45) is 5.92 Å². The second kappa shape index (κ2) is 8.90. The van der Waals surface area contributed by atoms with E-state index in [2.05, 4.69) is 10.6 Å². The predicted octanol–water partition coefficient (Wildman–Crippen LogP) is 3.14. The van der Waals surface area contributed by atoms with Gasteiger partial charge in [0.25, 0.3) is 0 Å². The van der Waals surface area contributed by atoms with E-state index >= 15 is 0 Å². The standard InChI is InChI=1S/C16H24N2O2.ClH/c1-3-20-15-10-12(2)4-6-14(15)18-16(19)7-5-13-8-9-17-11-13;/h4,6,10,13,17H,3,5,7-9,11H2,1-2H3,(H,18,19);1H. The number of ether oxygens (including phenoxy) is 1. The maximum Gasteiger partial charge on any atom is 0.224 e. The topological polar surface area (TPSA) is 50.4 Å². The Morgan fingerprint density at radius 2 is 2.29 bits per heavy atom. The number of halogens is 1. The summed E-state index contributed by atoms with van der Waals surface area (Å²) in [5.41, 5.74) is 1.90. The highest BCUT2D eigenvalue weighted by Gasteiger charge is 2.16. The molecular weight excluding hydrogens is 288 g/mol. The van der Waals surface area contributed by atoms with Crippen LogP contribution >= 0.6 is 12.4 Å². The van der Waals surface area contributed by atoms with Crippen LogP contribution < -0.4 is 15.4 Å². The number of rotatable bonds is 6. The lowest BCUT2D eigenvalue weighted by Crippen LogP contribution is -2.15. The summed E-state index contributed by atoms with van der Waals surface area (Å²) in [7, 11) is 0. The van der Waals surface area contributed by atoms with E-state index in [1.54, 1.807) is 0 Å². The van der Waals surface area contributed by atoms with Crippen LogP contribution in [0.2, 0.25) is 0 Å². The van der Waals surface area contributed by atoms with Gasteiger partial charge in [-0.2, -0.15) is 0 Å². The first-order valence-electron chi connectivity index (χ1n) is 7.43. The van der Waals surface area contributed by atoms with Crippen LogP contribution in [0.25, 0.3) is 0 Å². The number of benzene rings is 1. The molecule has 1 saturated heterocycles. The average Bonchev–Trinajstić information content (AvgIpc) is 2.93. The van der Waals surface area contributed by atoms with Crippen molar-refractivity contribution in [3.8, 4) is 5.75 Å². The SMILES string of the molecule is CCOc1cc(C)ccc1NC(=O)CCC1CCNC1.Cl. The molecule has 0 bridgehead atoms. The van der Waals surface area contributed by atoms with E-state index in [1.807, 2.05) is 32.0 Å². The molecule has 2 N–H and O–H groups in total. The molecule has 5 heteroatoms. The monoisotopic (exact) mass is 312 g/mol. The van der Waals surface area contributed by atoms with E-state index in [-0.39, 0.29) is 18.3 Å². The third-order valence-corrected chi connectivity index (χ3v) is 3.65. The fourth-order valence-corrected chi connectivity index (χ4v) is 2.52. The molecule has 1 atom stereocenters. The van der Waals surface area contributed by atoms with E-state index in [0.717, 1.165) is 36.5 Å². The lowest BCUT2D eigenvalue weighted by Gasteiger charge is -2.13. The molecule has 1 amide bonds. The summed E-state index contributed by atoms with van der Waals surface area (Å²) in [6.45, 7) is 6.68. The Kier molecular flexibility index (Phi) is 7.54. The molecule has 0 saturated carbocycles. The second-order valence-corrected chi connectivity index (χ2v) is 5.38. The van der Waals surface area contributed by atoms with Gasteiger partial charge in [0.2, 0.25) is 5.91 Å². The van der Waals surface area contributed by atoms with Crippen molar-refractivity contribution in [2.45, 2.75) is 33.1 Å². The highest BCUT2D eigenvalue weighted by Crippen LogP contribution is 2.26. The van der Waals surface area contributed by atoms with Gasteiger partial charge in [0.1, 0.15) is 5.75 Å². The van der Waals surface area contributed by atoms with Gasteiger partial charge in [-0.15, -0.1) is 12.4 Å². The van der Waals surface area contributed by atoms with Crippen LogP contribution in [0.1, 0.15) is 31.7 Å². The molecule has 0 aromatic heterocycles. The van der Waals surface area contributed by atoms with Crippen LogP contribution in [0.3, 0.4) is 0 Å². The van der Waals surface area contributed by atoms with Crippen LogP contribution in [0, 0.1) is 12.8 Å². The third-order valence-electron chi connectivity index (χ3n) is 3.65. The third kappa shape index (κ3) is 5.56. The number of amides is 1. The first kappa shape index (κ1) is 17.8. The van der Waals surface area contributed by atoms with Crippen molar-refractivity contribution in [3.63, 3.8) is 0 Å². The van der Waals surface area contributed by atoms with E-state index in [1.165, 1.54) is 6.42 Å². The molecule has 21 heavy (non-hydrogen) atoms. The van der Waals surface area contributed by atoms with Crippen LogP contribution in [-0.4, -0.2) is 25.6 Å². The van der Waals surface area contributed by atoms with Crippen molar-refractivity contribution in [1.29, 1.82) is 0 Å². The Balaban J connectivity index is 0.00000220. The minimum absolute atomic E-state index is 0. The maximum absolute atomic E-state index is 12.0. The van der Waals surface area contributed by atoms with Gasteiger partial charge in [0, 0.05) is 6.42 Å². The van der Waals surface area contributed by atoms with Crippen molar-refractivity contribution >= 4 is 24.0 Å². The lowest BCUT2D eigenvalue weighted by atomic mass is 10.0. The van der Waals surface area contributed by atoms with E-state index in [9.17, 15) is 4.79 Å². The molecule has 1 unspecified atom stereocenters. The van der Waals surface area contributed by atoms with E-state index < -0.39 is 0 Å². The molecule has 1 fully saturated rings. The Hall–Kier alpha value is -1.26. The number of nitrogens with one attached hydrogen (secondary N) is 2. The minimum atomic E-state index is 0. The number of carbonyl (C=O) groups is 1. The molecule has 2 rings (SSSR count). The molecule has 1 heterocycles. The summed E-state index contributed by atoms with van der Waals surface area (Å²) in [6.07, 6.45) is 2.71. The van der Waals surface area contributed by atoms with Crippen molar-refractivity contribution in [1.82, 2.24) is 5.32 Å². The summed E-state index contributed by atoms with van der Waals surface area (Å²) >= 11 is 0. The van der Waals surface area contributed by atoms with Crippen molar-refractivity contribution < 1.29 is 9.53 Å². The summed E-state index contributed by atoms with van der Waals surface area (Å²) in [4.78, 5) is 12.0. The lowest BCUT2D eigenvalue weighted by molar-refractivity contribution is -0.116. The first-order chi connectivity index (χ1) is 9.69. The van der Waals surface area contributed by atoms with Gasteiger partial charge in [-0.05, 0) is 63.4 Å². The highest BCUT2D eigenvalue weighted by molar-refractivity contribution is 5.92. The summed E-state index contributed by atoms with van der Waals surface area (Å²) in [5.74, 6) is 1.47. The van der Waals surface area contributed by atoms with Gasteiger partial charge in [0.15, 0.2) is 0 Å². The van der Waals surface area contributed by atoms with E-state index in [4.69, 9.17) is 4.74 Å². The minimum Gasteiger partial charge on any atom is -0.492 e. The summed E-state index contributed by atoms with van der Waals surface area (Å²) < 4.78 is 5.57. The van der Waals surface area contributed by atoms with Gasteiger partial charge in [0.05, 0.1) is 12.3 Å². The van der Waals surface area contributed by atoms with Crippen LogP contribution in [0.5, 0.6) is 5.75 Å². The van der Waals surface area contributed by atoms with Gasteiger partial charge in [-0.25, -0.2) is 0 Å². The zero-order chi connectivity index (χ0) is 14.4. The van der Waals surface area contributed by atoms with Crippen LogP contribution in [0.15, 0.2) is 18.2 Å². The van der Waals surface area contributed by atoms with Gasteiger partial charge >= 0.3 is 0 Å². The number of hydrogen-bond acceptors (Lipinski definition) is 3. The number of aryl methyl sites for hydroxylation is 1. The molecule has 118 valence electrons. The Morgan fingerprint density at radius 1 is 1.48 bits per heavy atom. The molecule has 1 aromatic rings. The maximum atomic E-state index is 12.0. The Morgan fingerprint density at radius 3 is 2.95 bits per heavy atom. The molecule has 0 spiro atoms. The molecule has 1 aromatic carbocycles. The predicted molar refractivity (Wildman–Crippen MR) is 88.4 cm³/mol. The normalized spacial score (nSPS) is 17.1. The van der Waals surface area contributed by atoms with Crippen molar-refractivity contribution in [2.75, 3.05) is 25.0 Å². The fraction of sp³-hybridized carbons (Fsp3) is 0.562. The molecule has 0 radical (unpaired) electrons. The molecular formula is C16H25ClN2O2. The average molecular weight is 313 g/mol. The zero-order valence-electron chi connectivity index (χ0n) is 12.8. The quantitative estimate of drug-likeness (QED) is 0.848. The summed E-state index contributed by atoms with van der Waals surface area (Å²) in [5, 5.41) is 6.29. The number of hydrogen-bond donors (Lipinski definition) is 2. The number of carbonyl (C=O) groups excluding carboxylic acids is 1. The second-order valence-electron chi connectivity index (χ2n) is 5.38. The van der Waals surface area contributed by atoms with Crippen molar-refractivity contribution in [3.05, 3.63) is 23.8 Å². The van der Waals surface area contributed by atoms with Gasteiger partial charge in [-0.3, -0.25) is 4.79 Å². The molecule has 0 aliphatic carbocycles. The largest absolute Gasteiger partial charge is 0.492 e. The van der Waals surface area contributed by atoms with E-state index in [0.29, 0.717) is 18.9 Å². The van der Waals surface area contributed by atoms with Gasteiger partial charge in [-0.1, -0.05) is 6.07 Å². The first-order valence-corrected chi connectivity index (χ1v) is 7.43. The van der Waals surface area contributed by atoms with Crippen LogP contribution in [0.4, 0.5) is 5.69 Å². The Labute approximate surface area is 133 Å². The molecule has 1 aliphatic heterocycles. The summed E-state index contributed by atoms with van der Waals surface area (Å²) in [6, 6.07) is 5.86. The molecule has 4 nitrogen and oxygen atoms in total. The fourth-order valence-electron chi connectivity index (χ4n) is 2.52. The molecule has 1 aliphatic rings.